The molecule has 0 aliphatic carbocycles. The Balaban J connectivity index is 1.97. The van der Waals surface area contributed by atoms with Crippen LogP contribution in [0.3, 0.4) is 0 Å². The molecule has 1 heterocycles. The molecule has 1 saturated heterocycles. The lowest BCUT2D eigenvalue weighted by atomic mass is 9.99. The van der Waals surface area contributed by atoms with Crippen LogP contribution >= 0.6 is 0 Å². The highest BCUT2D eigenvalue weighted by molar-refractivity contribution is 5.80. The standard InChI is InChI=1S/C54H105NO10/c1-3-5-7-8-9-10-11-12-13-14-15-16-17-18-19-20-21-22-23-24-25-26-27-28-29-30-31-32-33-34-35-36-37-38-39-40-42-47(58)53(63)55-45(49(59)46(57)41-6-4-2)44-64-54-52(62)51(61)50(60)48(43-56)65-54/h22-23,45-52,54,56-62H,3-21,24-44H2,1-2H3,(H,55,63)/b23-22-. The van der Waals surface area contributed by atoms with Crippen LogP contribution in [0.4, 0.5) is 0 Å². The van der Waals surface area contributed by atoms with E-state index in [1.807, 2.05) is 6.92 Å². The first-order valence-electron chi connectivity index (χ1n) is 27.6. The highest BCUT2D eigenvalue weighted by atomic mass is 16.7. The van der Waals surface area contributed by atoms with Gasteiger partial charge in [-0.2, -0.15) is 0 Å². The molecular formula is C54H105NO10. The van der Waals surface area contributed by atoms with Gasteiger partial charge in [-0.1, -0.05) is 231 Å². The smallest absolute Gasteiger partial charge is 0.249 e. The van der Waals surface area contributed by atoms with Crippen LogP contribution in [-0.2, 0) is 14.3 Å². The van der Waals surface area contributed by atoms with Crippen LogP contribution in [0.5, 0.6) is 0 Å². The highest BCUT2D eigenvalue weighted by Crippen LogP contribution is 2.23. The van der Waals surface area contributed by atoms with Gasteiger partial charge in [0.05, 0.1) is 25.4 Å². The summed E-state index contributed by atoms with van der Waals surface area (Å²) in [6.07, 6.45) is 40.5. The summed E-state index contributed by atoms with van der Waals surface area (Å²) in [7, 11) is 0. The monoisotopic (exact) mass is 928 g/mol. The van der Waals surface area contributed by atoms with Crippen LogP contribution in [0.2, 0.25) is 0 Å². The lowest BCUT2D eigenvalue weighted by molar-refractivity contribution is -0.303. The maximum atomic E-state index is 12.9. The molecule has 0 bridgehead atoms. The average Bonchev–Trinajstić information content (AvgIpc) is 3.31. The van der Waals surface area contributed by atoms with Gasteiger partial charge in [0.25, 0.3) is 0 Å². The number of unbranched alkanes of at least 4 members (excludes halogenated alkanes) is 33. The van der Waals surface area contributed by atoms with Crippen molar-refractivity contribution in [2.75, 3.05) is 13.2 Å². The molecule has 0 radical (unpaired) electrons. The van der Waals surface area contributed by atoms with E-state index in [1.54, 1.807) is 0 Å². The zero-order valence-electron chi connectivity index (χ0n) is 42.0. The fourth-order valence-corrected chi connectivity index (χ4v) is 9.01. The maximum Gasteiger partial charge on any atom is 0.249 e. The number of ether oxygens (including phenoxy) is 2. The van der Waals surface area contributed by atoms with Crippen LogP contribution in [0, 0.1) is 0 Å². The second kappa shape index (κ2) is 44.1. The number of carbonyl (C=O) groups is 1. The van der Waals surface area contributed by atoms with Gasteiger partial charge in [-0.05, 0) is 38.5 Å². The van der Waals surface area contributed by atoms with Crippen molar-refractivity contribution in [3.05, 3.63) is 12.2 Å². The Bertz CT molecular complexity index is 1060. The Labute approximate surface area is 398 Å². The van der Waals surface area contributed by atoms with E-state index >= 15 is 0 Å². The first-order chi connectivity index (χ1) is 31.7. The fraction of sp³-hybridized carbons (Fsp3) is 0.944. The van der Waals surface area contributed by atoms with E-state index in [9.17, 15) is 40.5 Å². The quantitative estimate of drug-likeness (QED) is 0.0215. The minimum atomic E-state index is -1.65. The molecule has 1 rings (SSSR count). The summed E-state index contributed by atoms with van der Waals surface area (Å²) < 4.78 is 10.9. The number of carbonyl (C=O) groups excluding carboxylic acids is 1. The molecule has 1 amide bonds. The third-order valence-electron chi connectivity index (χ3n) is 13.6. The van der Waals surface area contributed by atoms with Crippen LogP contribution in [0.25, 0.3) is 0 Å². The van der Waals surface area contributed by atoms with E-state index < -0.39 is 74.2 Å². The van der Waals surface area contributed by atoms with Gasteiger partial charge in [-0.15, -0.1) is 0 Å². The summed E-state index contributed by atoms with van der Waals surface area (Å²) in [6.45, 7) is 3.18. The fourth-order valence-electron chi connectivity index (χ4n) is 9.01. The zero-order chi connectivity index (χ0) is 47.6. The number of allylic oxidation sites excluding steroid dienone is 2. The van der Waals surface area contributed by atoms with Crippen molar-refractivity contribution in [1.82, 2.24) is 5.32 Å². The second-order valence-corrected chi connectivity index (χ2v) is 19.7. The molecule has 11 heteroatoms. The molecule has 386 valence electrons. The topological polar surface area (TPSA) is 189 Å². The second-order valence-electron chi connectivity index (χ2n) is 19.7. The third kappa shape index (κ3) is 33.1. The van der Waals surface area contributed by atoms with E-state index in [0.29, 0.717) is 12.8 Å². The average molecular weight is 928 g/mol. The SMILES string of the molecule is CCCCCCCCCCCCCCCCCC/C=C\CCCCCCCCCCCCCCCCCCC(O)C(=O)NC(COC1OC(CO)C(O)C(O)C1O)C(O)C(O)CCCC. The van der Waals surface area contributed by atoms with Crippen LogP contribution in [0.15, 0.2) is 12.2 Å². The number of aliphatic hydroxyl groups excluding tert-OH is 7. The first-order valence-corrected chi connectivity index (χ1v) is 27.6. The highest BCUT2D eigenvalue weighted by Gasteiger charge is 2.44. The summed E-state index contributed by atoms with van der Waals surface area (Å²) in [5, 5.41) is 74.5. The van der Waals surface area contributed by atoms with Crippen LogP contribution in [-0.4, -0.2) is 110 Å². The summed E-state index contributed by atoms with van der Waals surface area (Å²) in [6, 6.07) is -1.16. The summed E-state index contributed by atoms with van der Waals surface area (Å²) >= 11 is 0. The first kappa shape index (κ1) is 61.9. The normalized spacial score (nSPS) is 20.9. The van der Waals surface area contributed by atoms with E-state index in [4.69, 9.17) is 9.47 Å². The molecule has 1 aliphatic heterocycles. The lowest BCUT2D eigenvalue weighted by Gasteiger charge is -2.40. The summed E-state index contributed by atoms with van der Waals surface area (Å²) in [5.74, 6) is -0.705. The Kier molecular flexibility index (Phi) is 42.0. The number of aliphatic hydroxyl groups is 7. The predicted molar refractivity (Wildman–Crippen MR) is 266 cm³/mol. The Morgan fingerprint density at radius 2 is 0.908 bits per heavy atom. The molecule has 9 atom stereocenters. The van der Waals surface area contributed by atoms with Gasteiger partial charge in [-0.3, -0.25) is 4.79 Å². The molecule has 1 fully saturated rings. The minimum Gasteiger partial charge on any atom is -0.394 e. The van der Waals surface area contributed by atoms with Crippen molar-refractivity contribution in [3.8, 4) is 0 Å². The maximum absolute atomic E-state index is 12.9. The molecule has 1 aliphatic rings. The Hall–Kier alpha value is -1.15. The van der Waals surface area contributed by atoms with E-state index in [-0.39, 0.29) is 12.8 Å². The molecule has 0 aromatic heterocycles. The molecule has 0 saturated carbocycles. The largest absolute Gasteiger partial charge is 0.394 e. The minimum absolute atomic E-state index is 0.262. The van der Waals surface area contributed by atoms with E-state index in [0.717, 1.165) is 25.7 Å². The number of nitrogens with one attached hydrogen (secondary N) is 1. The van der Waals surface area contributed by atoms with Crippen molar-refractivity contribution in [1.29, 1.82) is 0 Å². The number of amides is 1. The van der Waals surface area contributed by atoms with Gasteiger partial charge in [0.1, 0.15) is 36.6 Å². The van der Waals surface area contributed by atoms with Crippen molar-refractivity contribution in [2.45, 2.75) is 313 Å². The van der Waals surface area contributed by atoms with Crippen molar-refractivity contribution >= 4 is 5.91 Å². The number of hydrogen-bond donors (Lipinski definition) is 8. The molecule has 0 spiro atoms. The van der Waals surface area contributed by atoms with Gasteiger partial charge in [0, 0.05) is 0 Å². The van der Waals surface area contributed by atoms with Gasteiger partial charge < -0.3 is 50.5 Å². The van der Waals surface area contributed by atoms with Crippen LogP contribution in [0.1, 0.15) is 258 Å². The van der Waals surface area contributed by atoms with Gasteiger partial charge in [-0.25, -0.2) is 0 Å². The number of rotatable bonds is 47. The zero-order valence-corrected chi connectivity index (χ0v) is 42.0. The van der Waals surface area contributed by atoms with Crippen LogP contribution < -0.4 is 5.32 Å². The van der Waals surface area contributed by atoms with Crippen molar-refractivity contribution in [2.24, 2.45) is 0 Å². The van der Waals surface area contributed by atoms with Crippen molar-refractivity contribution in [3.63, 3.8) is 0 Å². The van der Waals surface area contributed by atoms with E-state index in [1.165, 1.54) is 193 Å². The summed E-state index contributed by atoms with van der Waals surface area (Å²) in [4.78, 5) is 12.9. The molecule has 0 aromatic rings. The van der Waals surface area contributed by atoms with Gasteiger partial charge in [0.2, 0.25) is 5.91 Å². The molecule has 11 nitrogen and oxygen atoms in total. The molecular weight excluding hydrogens is 823 g/mol. The molecule has 9 unspecified atom stereocenters. The lowest BCUT2D eigenvalue weighted by Crippen LogP contribution is -2.60. The van der Waals surface area contributed by atoms with Crippen molar-refractivity contribution < 1.29 is 50.0 Å². The Morgan fingerprint density at radius 1 is 0.523 bits per heavy atom. The number of hydrogen-bond acceptors (Lipinski definition) is 10. The van der Waals surface area contributed by atoms with Gasteiger partial charge in [0.15, 0.2) is 6.29 Å². The third-order valence-corrected chi connectivity index (χ3v) is 13.6. The van der Waals surface area contributed by atoms with E-state index in [2.05, 4.69) is 24.4 Å². The summed E-state index contributed by atoms with van der Waals surface area (Å²) in [5.41, 5.74) is 0. The molecule has 65 heavy (non-hydrogen) atoms. The predicted octanol–water partition coefficient (Wildman–Crippen LogP) is 10.8. The Morgan fingerprint density at radius 3 is 1.31 bits per heavy atom. The van der Waals surface area contributed by atoms with Gasteiger partial charge >= 0.3 is 0 Å². The molecule has 8 N–H and O–H groups in total. The molecule has 0 aromatic carbocycles.